The van der Waals surface area contributed by atoms with Gasteiger partial charge in [0.15, 0.2) is 0 Å². The Balaban J connectivity index is 1.69. The summed E-state index contributed by atoms with van der Waals surface area (Å²) in [7, 11) is 1.46. The number of benzene rings is 2. The van der Waals surface area contributed by atoms with Crippen LogP contribution in [0.25, 0.3) is 10.9 Å². The molecule has 2 heterocycles. The second-order valence-corrected chi connectivity index (χ2v) is 8.45. The van der Waals surface area contributed by atoms with Crippen molar-refractivity contribution in [3.05, 3.63) is 47.9 Å². The molecule has 0 bridgehead atoms. The van der Waals surface area contributed by atoms with Crippen LogP contribution in [0.1, 0.15) is 31.1 Å². The summed E-state index contributed by atoms with van der Waals surface area (Å²) < 4.78 is 19.5. The molecule has 1 aromatic heterocycles. The zero-order valence-electron chi connectivity index (χ0n) is 19.5. The number of hydrogen-bond donors (Lipinski definition) is 3. The molecule has 1 aliphatic rings. The topological polar surface area (TPSA) is 108 Å². The molecule has 3 N–H and O–H groups in total. The fraction of sp³-hybridized carbons (Fsp3) is 0.333. The van der Waals surface area contributed by atoms with E-state index in [0.717, 1.165) is 30.2 Å². The van der Waals surface area contributed by atoms with Crippen LogP contribution in [0.15, 0.2) is 36.5 Å². The number of fused-ring (bicyclic) bond motifs is 1. The van der Waals surface area contributed by atoms with Gasteiger partial charge in [-0.15, -0.1) is 0 Å². The third-order valence-corrected chi connectivity index (χ3v) is 5.57. The predicted molar refractivity (Wildman–Crippen MR) is 129 cm³/mol. The number of hydrogen-bond acceptors (Lipinski definition) is 7. The number of ether oxygens (including phenoxy) is 1. The van der Waals surface area contributed by atoms with Gasteiger partial charge in [0.25, 0.3) is 5.91 Å². The summed E-state index contributed by atoms with van der Waals surface area (Å²) in [5.74, 6) is -1.49. The molecule has 4 rings (SSSR count). The van der Waals surface area contributed by atoms with Crippen molar-refractivity contribution in [1.82, 2.24) is 15.3 Å². The molecule has 178 valence electrons. The van der Waals surface area contributed by atoms with E-state index in [4.69, 9.17) is 4.74 Å². The average molecular weight is 467 g/mol. The number of nitrogens with one attached hydrogen (secondary N) is 3. The molecule has 1 aliphatic heterocycles. The summed E-state index contributed by atoms with van der Waals surface area (Å²) in [4.78, 5) is 35.3. The fourth-order valence-corrected chi connectivity index (χ4v) is 4.25. The van der Waals surface area contributed by atoms with Crippen LogP contribution in [-0.2, 0) is 4.79 Å². The van der Waals surface area contributed by atoms with Crippen LogP contribution in [0.3, 0.4) is 0 Å². The second-order valence-electron chi connectivity index (χ2n) is 8.45. The summed E-state index contributed by atoms with van der Waals surface area (Å²) in [6.45, 7) is 7.15. The Kier molecular flexibility index (Phi) is 6.60. The summed E-state index contributed by atoms with van der Waals surface area (Å²) >= 11 is 0. The Labute approximate surface area is 196 Å². The molecule has 2 amide bonds. The maximum Gasteiger partial charge on any atom is 0.316 e. The molecule has 0 aliphatic carbocycles. The lowest BCUT2D eigenvalue weighted by Gasteiger charge is -2.38. The molecule has 0 radical (unpaired) electrons. The lowest BCUT2D eigenvalue weighted by atomic mass is 10.0. The minimum Gasteiger partial charge on any atom is -0.467 e. The second kappa shape index (κ2) is 9.60. The van der Waals surface area contributed by atoms with Gasteiger partial charge in [-0.05, 0) is 44.2 Å². The van der Waals surface area contributed by atoms with Crippen molar-refractivity contribution in [3.8, 4) is 6.01 Å². The lowest BCUT2D eigenvalue weighted by molar-refractivity contribution is -0.114. The molecule has 0 unspecified atom stereocenters. The highest BCUT2D eigenvalue weighted by Gasteiger charge is 2.24. The quantitative estimate of drug-likeness (QED) is 0.530. The van der Waals surface area contributed by atoms with Crippen LogP contribution in [-0.4, -0.2) is 54.1 Å². The highest BCUT2D eigenvalue weighted by atomic mass is 19.1. The third-order valence-electron chi connectivity index (χ3n) is 5.57. The Hall–Kier alpha value is -3.79. The van der Waals surface area contributed by atoms with E-state index in [1.54, 1.807) is 12.3 Å². The molecule has 9 nitrogen and oxygen atoms in total. The van der Waals surface area contributed by atoms with E-state index < -0.39 is 11.7 Å². The number of amides is 2. The fourth-order valence-electron chi connectivity index (χ4n) is 4.25. The number of rotatable bonds is 5. The van der Waals surface area contributed by atoms with Crippen LogP contribution in [0.4, 0.5) is 21.5 Å². The Bertz CT molecular complexity index is 1240. The smallest absolute Gasteiger partial charge is 0.316 e. The first-order valence-electron chi connectivity index (χ1n) is 11.0. The number of anilines is 3. The van der Waals surface area contributed by atoms with Crippen molar-refractivity contribution in [2.45, 2.75) is 32.9 Å². The number of aromatic nitrogens is 2. The van der Waals surface area contributed by atoms with Crippen LogP contribution in [0, 0.1) is 5.82 Å². The Morgan fingerprint density at radius 2 is 1.88 bits per heavy atom. The van der Waals surface area contributed by atoms with Crippen molar-refractivity contribution < 1.29 is 18.7 Å². The number of methoxy groups -OCH3 is 1. The van der Waals surface area contributed by atoms with Crippen LogP contribution < -0.4 is 25.6 Å². The molecule has 3 aromatic rings. The molecule has 10 heteroatoms. The molecule has 2 aromatic carbocycles. The third kappa shape index (κ3) is 4.91. The van der Waals surface area contributed by atoms with Gasteiger partial charge < -0.3 is 25.6 Å². The lowest BCUT2D eigenvalue weighted by Crippen LogP contribution is -2.54. The van der Waals surface area contributed by atoms with Gasteiger partial charge in [-0.2, -0.15) is 4.98 Å². The first-order chi connectivity index (χ1) is 16.2. The van der Waals surface area contributed by atoms with Crippen molar-refractivity contribution >= 4 is 39.8 Å². The summed E-state index contributed by atoms with van der Waals surface area (Å²) in [6, 6.07) is 8.41. The van der Waals surface area contributed by atoms with E-state index in [-0.39, 0.29) is 23.3 Å². The number of carbonyl (C=O) groups excluding carboxylic acids is 2. The maximum absolute atomic E-state index is 14.3. The normalized spacial score (nSPS) is 18.0. The van der Waals surface area contributed by atoms with E-state index in [2.05, 4.69) is 44.7 Å². The van der Waals surface area contributed by atoms with E-state index in [1.807, 2.05) is 6.07 Å². The summed E-state index contributed by atoms with van der Waals surface area (Å²) in [5.41, 5.74) is 1.97. The molecule has 2 atom stereocenters. The van der Waals surface area contributed by atoms with Gasteiger partial charge in [0, 0.05) is 55.1 Å². The van der Waals surface area contributed by atoms with Gasteiger partial charge in [0.1, 0.15) is 5.82 Å². The van der Waals surface area contributed by atoms with Crippen LogP contribution in [0.2, 0.25) is 0 Å². The zero-order chi connectivity index (χ0) is 24.4. The highest BCUT2D eigenvalue weighted by Crippen LogP contribution is 2.31. The van der Waals surface area contributed by atoms with Crippen molar-refractivity contribution in [2.75, 3.05) is 35.7 Å². The minimum absolute atomic E-state index is 0.0391. The van der Waals surface area contributed by atoms with Gasteiger partial charge in [-0.1, -0.05) is 0 Å². The standard InChI is InChI=1S/C24H27FN6O3/c1-13-11-31(12-14(2)27-13)21-8-6-17(22-18(21)10-26-24(30-22)34-4)23(33)29-16-5-7-20(19(25)9-16)28-15(3)32/h5-10,13-14,27H,11-12H2,1-4H3,(H,28,32)(H,29,33)/t13-,14-/m0/s1. The number of carbonyl (C=O) groups is 2. The highest BCUT2D eigenvalue weighted by molar-refractivity contribution is 6.14. The van der Waals surface area contributed by atoms with Gasteiger partial charge in [-0.3, -0.25) is 9.59 Å². The van der Waals surface area contributed by atoms with Gasteiger partial charge in [-0.25, -0.2) is 9.37 Å². The van der Waals surface area contributed by atoms with E-state index in [0.29, 0.717) is 23.2 Å². The zero-order valence-corrected chi connectivity index (χ0v) is 19.5. The number of nitrogens with zero attached hydrogens (tertiary/aromatic N) is 3. The molecule has 0 saturated carbocycles. The predicted octanol–water partition coefficient (Wildman–Crippen LogP) is 3.17. The monoisotopic (exact) mass is 466 g/mol. The molecule has 1 fully saturated rings. The van der Waals surface area contributed by atoms with Crippen LogP contribution >= 0.6 is 0 Å². The molecular formula is C24H27FN6O3. The van der Waals surface area contributed by atoms with E-state index in [9.17, 15) is 14.0 Å². The van der Waals surface area contributed by atoms with Crippen molar-refractivity contribution in [3.63, 3.8) is 0 Å². The molecule has 1 saturated heterocycles. The van der Waals surface area contributed by atoms with Gasteiger partial charge in [0.05, 0.1) is 23.9 Å². The van der Waals surface area contributed by atoms with Crippen molar-refractivity contribution in [2.24, 2.45) is 0 Å². The Morgan fingerprint density at radius 3 is 2.53 bits per heavy atom. The number of piperazine rings is 1. The molecular weight excluding hydrogens is 439 g/mol. The van der Waals surface area contributed by atoms with Gasteiger partial charge in [0.2, 0.25) is 5.91 Å². The van der Waals surface area contributed by atoms with E-state index in [1.165, 1.54) is 26.2 Å². The SMILES string of the molecule is COc1ncc2c(N3C[C@H](C)N[C@@H](C)C3)ccc(C(=O)Nc3ccc(NC(C)=O)c(F)c3)c2n1. The average Bonchev–Trinajstić information content (AvgIpc) is 2.78. The number of halogens is 1. The first kappa shape index (κ1) is 23.4. The summed E-state index contributed by atoms with van der Waals surface area (Å²) in [5, 5.41) is 9.34. The van der Waals surface area contributed by atoms with E-state index >= 15 is 0 Å². The largest absolute Gasteiger partial charge is 0.467 e. The molecule has 0 spiro atoms. The van der Waals surface area contributed by atoms with Gasteiger partial charge >= 0.3 is 6.01 Å². The first-order valence-corrected chi connectivity index (χ1v) is 11.0. The summed E-state index contributed by atoms with van der Waals surface area (Å²) in [6.07, 6.45) is 1.66. The van der Waals surface area contributed by atoms with Crippen LogP contribution in [0.5, 0.6) is 6.01 Å². The minimum atomic E-state index is -0.654. The van der Waals surface area contributed by atoms with Crippen molar-refractivity contribution in [1.29, 1.82) is 0 Å². The maximum atomic E-state index is 14.3. The molecule has 34 heavy (non-hydrogen) atoms. The Morgan fingerprint density at radius 1 is 1.15 bits per heavy atom.